The number of anilines is 1. The second-order valence-electron chi connectivity index (χ2n) is 5.57. The number of rotatable bonds is 9. The van der Waals surface area contributed by atoms with Gasteiger partial charge in [0.1, 0.15) is 18.2 Å². The highest BCUT2D eigenvalue weighted by Gasteiger charge is 2.26. The molecule has 1 unspecified atom stereocenters. The molecule has 2 aromatic rings. The number of amidine groups is 1. The molecule has 2 aromatic carbocycles. The summed E-state index contributed by atoms with van der Waals surface area (Å²) >= 11 is 6.11. The van der Waals surface area contributed by atoms with E-state index in [-0.39, 0.29) is 38.1 Å². The zero-order chi connectivity index (χ0) is 19.8. The van der Waals surface area contributed by atoms with Crippen molar-refractivity contribution in [3.8, 4) is 5.75 Å². The summed E-state index contributed by atoms with van der Waals surface area (Å²) < 4.78 is 10.7. The first-order valence-corrected chi connectivity index (χ1v) is 8.74. The molecule has 0 spiro atoms. The van der Waals surface area contributed by atoms with Gasteiger partial charge in [0.05, 0.1) is 13.2 Å². The summed E-state index contributed by atoms with van der Waals surface area (Å²) in [6.45, 7) is 1.86. The van der Waals surface area contributed by atoms with Crippen LogP contribution < -0.4 is 15.8 Å². The Hall–Kier alpha value is -2.48. The predicted octanol–water partition coefficient (Wildman–Crippen LogP) is 3.13. The number of carbonyl (C=O) groups is 1. The Bertz CT molecular complexity index is 800. The number of nitrogens with two attached hydrogens (primary N) is 1. The fourth-order valence-corrected chi connectivity index (χ4v) is 2.61. The maximum absolute atomic E-state index is 12.6. The van der Waals surface area contributed by atoms with Gasteiger partial charge in [0.2, 0.25) is 0 Å². The van der Waals surface area contributed by atoms with Crippen molar-refractivity contribution in [3.05, 3.63) is 58.6 Å². The van der Waals surface area contributed by atoms with Crippen LogP contribution in [-0.4, -0.2) is 36.7 Å². The first-order chi connectivity index (χ1) is 13.0. The van der Waals surface area contributed by atoms with Crippen molar-refractivity contribution in [3.63, 3.8) is 0 Å². The van der Waals surface area contributed by atoms with E-state index < -0.39 is 12.0 Å². The minimum absolute atomic E-state index is 0. The molecule has 0 aliphatic heterocycles. The van der Waals surface area contributed by atoms with Gasteiger partial charge < -0.3 is 25.6 Å². The largest absolute Gasteiger partial charge is 0.491 e. The summed E-state index contributed by atoms with van der Waals surface area (Å²) in [7, 11) is 0. The molecule has 9 heteroatoms. The minimum atomic E-state index is -0.875. The van der Waals surface area contributed by atoms with Gasteiger partial charge in [-0.15, -0.1) is 12.4 Å². The highest BCUT2D eigenvalue weighted by atomic mass is 35.5. The number of benzene rings is 2. The third-order valence-corrected chi connectivity index (χ3v) is 3.90. The lowest BCUT2D eigenvalue weighted by Gasteiger charge is -2.22. The molecule has 0 bridgehead atoms. The second kappa shape index (κ2) is 11.4. The smallest absolute Gasteiger partial charge is 0.333 e. The number of ether oxygens (including phenoxy) is 2. The first kappa shape index (κ1) is 23.6. The Labute approximate surface area is 174 Å². The van der Waals surface area contributed by atoms with E-state index in [2.05, 4.69) is 5.32 Å². The van der Waals surface area contributed by atoms with E-state index in [1.54, 1.807) is 49.4 Å². The highest BCUT2D eigenvalue weighted by Crippen LogP contribution is 2.32. The molecule has 0 aliphatic carbocycles. The number of nitrogen functional groups attached to an aromatic ring is 1. The molecular formula is C19H23Cl2N3O4. The van der Waals surface area contributed by atoms with Crippen LogP contribution in [0.4, 0.5) is 5.69 Å². The molecule has 0 saturated heterocycles. The van der Waals surface area contributed by atoms with Crippen LogP contribution in [0.5, 0.6) is 5.75 Å². The standard InChI is InChI=1S/C19H22ClN3O4.ClH/c1-2-26-19(25)17(23-14-6-3-12(4-7-14)18(21)22)15-11-13(20)5-8-16(15)27-10-9-24;/h3-8,11,17,23-24H,2,9-10H2,1H3,(H3,21,22);1H. The number of aliphatic hydroxyl groups is 1. The Morgan fingerprint density at radius 3 is 2.54 bits per heavy atom. The van der Waals surface area contributed by atoms with E-state index in [4.69, 9.17) is 37.3 Å². The van der Waals surface area contributed by atoms with E-state index in [9.17, 15) is 4.79 Å². The molecule has 2 rings (SSSR count). The normalized spacial score (nSPS) is 11.1. The number of esters is 1. The van der Waals surface area contributed by atoms with Gasteiger partial charge in [0, 0.05) is 21.8 Å². The maximum Gasteiger partial charge on any atom is 0.333 e. The van der Waals surface area contributed by atoms with Gasteiger partial charge in [-0.2, -0.15) is 0 Å². The number of carbonyl (C=O) groups excluding carboxylic acids is 1. The van der Waals surface area contributed by atoms with Gasteiger partial charge in [0.25, 0.3) is 0 Å². The number of aliphatic hydroxyl groups excluding tert-OH is 1. The lowest BCUT2D eigenvalue weighted by molar-refractivity contribution is -0.144. The van der Waals surface area contributed by atoms with Crippen LogP contribution in [-0.2, 0) is 9.53 Å². The molecule has 28 heavy (non-hydrogen) atoms. The average Bonchev–Trinajstić information content (AvgIpc) is 2.65. The van der Waals surface area contributed by atoms with Gasteiger partial charge >= 0.3 is 5.97 Å². The van der Waals surface area contributed by atoms with Crippen molar-refractivity contribution in [1.29, 1.82) is 5.41 Å². The summed E-state index contributed by atoms with van der Waals surface area (Å²) in [6, 6.07) is 10.8. The molecule has 0 aromatic heterocycles. The quantitative estimate of drug-likeness (QED) is 0.277. The van der Waals surface area contributed by atoms with Crippen molar-refractivity contribution < 1.29 is 19.4 Å². The summed E-state index contributed by atoms with van der Waals surface area (Å²) in [5, 5.41) is 20.0. The average molecular weight is 428 g/mol. The third-order valence-electron chi connectivity index (χ3n) is 3.66. The van der Waals surface area contributed by atoms with Gasteiger partial charge in [-0.1, -0.05) is 11.6 Å². The molecule has 5 N–H and O–H groups in total. The van der Waals surface area contributed by atoms with Crippen LogP contribution in [0, 0.1) is 5.41 Å². The molecule has 1 atom stereocenters. The zero-order valence-corrected chi connectivity index (χ0v) is 16.8. The Kier molecular flexibility index (Phi) is 9.58. The van der Waals surface area contributed by atoms with E-state index in [0.29, 0.717) is 27.6 Å². The number of nitrogens with one attached hydrogen (secondary N) is 2. The van der Waals surface area contributed by atoms with Crippen molar-refractivity contribution in [2.75, 3.05) is 25.1 Å². The molecule has 0 saturated carbocycles. The van der Waals surface area contributed by atoms with E-state index in [1.165, 1.54) is 0 Å². The summed E-state index contributed by atoms with van der Waals surface area (Å²) in [4.78, 5) is 12.6. The summed E-state index contributed by atoms with van der Waals surface area (Å²) in [5.41, 5.74) is 7.16. The Morgan fingerprint density at radius 1 is 1.29 bits per heavy atom. The maximum atomic E-state index is 12.6. The van der Waals surface area contributed by atoms with E-state index >= 15 is 0 Å². The molecule has 0 heterocycles. The highest BCUT2D eigenvalue weighted by molar-refractivity contribution is 6.30. The molecule has 0 amide bonds. The van der Waals surface area contributed by atoms with Crippen molar-refractivity contribution in [2.24, 2.45) is 5.73 Å². The number of halogens is 2. The van der Waals surface area contributed by atoms with Crippen molar-refractivity contribution >= 4 is 41.5 Å². The Morgan fingerprint density at radius 2 is 1.96 bits per heavy atom. The van der Waals surface area contributed by atoms with Crippen LogP contribution >= 0.6 is 24.0 Å². The van der Waals surface area contributed by atoms with Crippen LogP contribution in [0.25, 0.3) is 0 Å². The third kappa shape index (κ3) is 6.30. The van der Waals surface area contributed by atoms with Crippen molar-refractivity contribution in [2.45, 2.75) is 13.0 Å². The predicted molar refractivity (Wildman–Crippen MR) is 112 cm³/mol. The fourth-order valence-electron chi connectivity index (χ4n) is 2.43. The van der Waals surface area contributed by atoms with Crippen LogP contribution in [0.3, 0.4) is 0 Å². The second-order valence-corrected chi connectivity index (χ2v) is 6.01. The molecule has 152 valence electrons. The van der Waals surface area contributed by atoms with Gasteiger partial charge in [-0.25, -0.2) is 4.79 Å². The van der Waals surface area contributed by atoms with Crippen LogP contribution in [0.15, 0.2) is 42.5 Å². The minimum Gasteiger partial charge on any atom is -0.491 e. The van der Waals surface area contributed by atoms with Gasteiger partial charge in [-0.3, -0.25) is 5.41 Å². The van der Waals surface area contributed by atoms with Crippen LogP contribution in [0.1, 0.15) is 24.1 Å². The van der Waals surface area contributed by atoms with Crippen molar-refractivity contribution in [1.82, 2.24) is 0 Å². The SMILES string of the molecule is CCOC(=O)C(Nc1ccc(C(=N)N)cc1)c1cc(Cl)ccc1OCCO.Cl. The monoisotopic (exact) mass is 427 g/mol. The fraction of sp³-hybridized carbons (Fsp3) is 0.263. The molecule has 0 aliphatic rings. The number of hydrogen-bond acceptors (Lipinski definition) is 6. The lowest BCUT2D eigenvalue weighted by Crippen LogP contribution is -2.24. The molecule has 0 radical (unpaired) electrons. The zero-order valence-electron chi connectivity index (χ0n) is 15.3. The van der Waals surface area contributed by atoms with Gasteiger partial charge in [-0.05, 0) is 49.4 Å². The molecule has 7 nitrogen and oxygen atoms in total. The van der Waals surface area contributed by atoms with Gasteiger partial charge in [0.15, 0.2) is 6.04 Å². The molecular weight excluding hydrogens is 405 g/mol. The molecule has 0 fully saturated rings. The Balaban J connectivity index is 0.00000392. The summed E-state index contributed by atoms with van der Waals surface area (Å²) in [6.07, 6.45) is 0. The lowest BCUT2D eigenvalue weighted by atomic mass is 10.0. The van der Waals surface area contributed by atoms with E-state index in [0.717, 1.165) is 0 Å². The van der Waals surface area contributed by atoms with Crippen LogP contribution in [0.2, 0.25) is 5.02 Å². The summed E-state index contributed by atoms with van der Waals surface area (Å²) in [5.74, 6) is -0.123. The number of hydrogen-bond donors (Lipinski definition) is 4. The first-order valence-electron chi connectivity index (χ1n) is 8.37. The topological polar surface area (TPSA) is 118 Å². The van der Waals surface area contributed by atoms with E-state index in [1.807, 2.05) is 0 Å².